The molecule has 272 valence electrons. The van der Waals surface area contributed by atoms with E-state index in [-0.39, 0.29) is 5.41 Å². The molecule has 0 saturated heterocycles. The summed E-state index contributed by atoms with van der Waals surface area (Å²) in [7, 11) is 0. The molecule has 0 amide bonds. The van der Waals surface area contributed by atoms with Gasteiger partial charge in [-0.15, -0.1) is 0 Å². The van der Waals surface area contributed by atoms with Gasteiger partial charge in [0.25, 0.3) is 0 Å². The molecule has 0 heterocycles. The summed E-state index contributed by atoms with van der Waals surface area (Å²) in [5.74, 6) is 1.70. The van der Waals surface area contributed by atoms with Crippen molar-refractivity contribution >= 4 is 16.7 Å². The highest BCUT2D eigenvalue weighted by Gasteiger charge is 2.42. The first-order valence-electron chi connectivity index (χ1n) is 21.4. The topological polar surface area (TPSA) is 0 Å². The van der Waals surface area contributed by atoms with Crippen LogP contribution in [0.3, 0.4) is 0 Å². The van der Waals surface area contributed by atoms with Gasteiger partial charge >= 0.3 is 0 Å². The van der Waals surface area contributed by atoms with Crippen molar-refractivity contribution in [2.75, 3.05) is 0 Å². The lowest BCUT2D eigenvalue weighted by molar-refractivity contribution is 0.448. The second kappa shape index (κ2) is 13.1. The molecule has 4 atom stereocenters. The standard InChI is InChI=1S/C55H52/c1-55(2)49-30-15-14-21-39(49)40-32-31-38(34-50(40)55)54-47-28-12-10-26-45(47)53(46-27-11-13-29-48(46)54)37-20-16-19-36(33-37)52-43-24-8-6-22-41(43)51(35-17-4-3-5-18-35)42-23-7-9-25-44(42)52/h4,6,9-15,17-19,21-22,25-30,33-34,42,45,47,51H,3,5,7-8,16,20,23-24,31-32H2,1-2H3. The Morgan fingerprint density at radius 2 is 1.33 bits per heavy atom. The molecular weight excluding hydrogens is 661 g/mol. The second-order valence-corrected chi connectivity index (χ2v) is 17.7. The lowest BCUT2D eigenvalue weighted by Crippen LogP contribution is -2.41. The number of rotatable bonds is 4. The van der Waals surface area contributed by atoms with Gasteiger partial charge in [-0.05, 0) is 159 Å². The van der Waals surface area contributed by atoms with Crippen molar-refractivity contribution in [3.8, 4) is 0 Å². The summed E-state index contributed by atoms with van der Waals surface area (Å²) in [6, 6.07) is 18.6. The minimum atomic E-state index is 0.0236. The minimum absolute atomic E-state index is 0.0236. The van der Waals surface area contributed by atoms with Crippen LogP contribution >= 0.6 is 0 Å². The van der Waals surface area contributed by atoms with Crippen LogP contribution in [0.4, 0.5) is 0 Å². The van der Waals surface area contributed by atoms with Crippen molar-refractivity contribution in [1.29, 1.82) is 0 Å². The van der Waals surface area contributed by atoms with Gasteiger partial charge in [0.1, 0.15) is 0 Å². The molecule has 0 bridgehead atoms. The lowest BCUT2D eigenvalue weighted by Gasteiger charge is -2.42. The molecule has 0 N–H and O–H groups in total. The number of fused-ring (bicyclic) bond motifs is 5. The molecular formula is C55H52. The van der Waals surface area contributed by atoms with E-state index in [4.69, 9.17) is 0 Å². The summed E-state index contributed by atoms with van der Waals surface area (Å²) < 4.78 is 0. The van der Waals surface area contributed by atoms with E-state index in [1.54, 1.807) is 55.7 Å². The van der Waals surface area contributed by atoms with Gasteiger partial charge in [-0.1, -0.05) is 147 Å². The molecule has 0 aromatic heterocycles. The fourth-order valence-electron chi connectivity index (χ4n) is 12.2. The van der Waals surface area contributed by atoms with Crippen molar-refractivity contribution in [1.82, 2.24) is 0 Å². The van der Waals surface area contributed by atoms with Crippen molar-refractivity contribution < 1.29 is 0 Å². The molecule has 2 aromatic rings. The van der Waals surface area contributed by atoms with Crippen molar-refractivity contribution in [2.24, 2.45) is 23.7 Å². The smallest absolute Gasteiger partial charge is 0.0158 e. The Hall–Kier alpha value is -4.94. The zero-order valence-corrected chi connectivity index (χ0v) is 32.6. The van der Waals surface area contributed by atoms with Gasteiger partial charge < -0.3 is 0 Å². The Morgan fingerprint density at radius 1 is 0.600 bits per heavy atom. The molecule has 0 nitrogen and oxygen atoms in total. The Labute approximate surface area is 327 Å². The molecule has 0 aliphatic heterocycles. The number of hydrogen-bond donors (Lipinski definition) is 0. The van der Waals surface area contributed by atoms with Crippen LogP contribution in [0.5, 0.6) is 0 Å². The molecule has 55 heavy (non-hydrogen) atoms. The van der Waals surface area contributed by atoms with Crippen molar-refractivity contribution in [3.05, 3.63) is 205 Å². The number of allylic oxidation sites excluding steroid dienone is 24. The Bertz CT molecular complexity index is 2560. The van der Waals surface area contributed by atoms with Crippen LogP contribution in [0, 0.1) is 23.7 Å². The Morgan fingerprint density at radius 3 is 2.13 bits per heavy atom. The monoisotopic (exact) mass is 712 g/mol. The van der Waals surface area contributed by atoms with Gasteiger partial charge in [-0.25, -0.2) is 0 Å². The summed E-state index contributed by atoms with van der Waals surface area (Å²) in [6.45, 7) is 4.87. The van der Waals surface area contributed by atoms with Crippen LogP contribution in [0.1, 0.15) is 89.2 Å². The maximum Gasteiger partial charge on any atom is 0.0158 e. The van der Waals surface area contributed by atoms with E-state index in [1.807, 2.05) is 0 Å². The highest BCUT2D eigenvalue weighted by Crippen LogP contribution is 2.55. The summed E-state index contributed by atoms with van der Waals surface area (Å²) in [6.07, 6.45) is 46.4. The van der Waals surface area contributed by atoms with Gasteiger partial charge in [0, 0.05) is 23.2 Å². The average molecular weight is 713 g/mol. The van der Waals surface area contributed by atoms with Crippen LogP contribution in [0.25, 0.3) is 16.7 Å². The Kier molecular flexibility index (Phi) is 7.95. The minimum Gasteiger partial charge on any atom is -0.0842 e. The molecule has 0 radical (unpaired) electrons. The zero-order chi connectivity index (χ0) is 36.7. The predicted octanol–water partition coefficient (Wildman–Crippen LogP) is 12.3. The van der Waals surface area contributed by atoms with E-state index in [2.05, 4.69) is 147 Å². The number of hydrogen-bond acceptors (Lipinski definition) is 0. The van der Waals surface area contributed by atoms with Crippen LogP contribution in [-0.2, 0) is 5.41 Å². The fourth-order valence-corrected chi connectivity index (χ4v) is 12.2. The molecule has 0 spiro atoms. The van der Waals surface area contributed by atoms with Gasteiger partial charge in [0.2, 0.25) is 0 Å². The Balaban J connectivity index is 1.08. The van der Waals surface area contributed by atoms with Crippen molar-refractivity contribution in [3.63, 3.8) is 0 Å². The summed E-state index contributed by atoms with van der Waals surface area (Å²) in [5.41, 5.74) is 21.7. The highest BCUT2D eigenvalue weighted by atomic mass is 14.5. The molecule has 9 aliphatic carbocycles. The SMILES string of the molecule is CC1(C)C2=C(CCC(C3=c4ccccc4=C(C4=CC(C5=C6C=CCCC6C(C6=CCCC=C6)C6=C5CCC=C6)=CCC4)C4C=CC=CC34)=C2)c2ccccc21. The molecule has 9 aliphatic rings. The molecule has 0 fully saturated rings. The van der Waals surface area contributed by atoms with Gasteiger partial charge in [-0.2, -0.15) is 0 Å². The summed E-state index contributed by atoms with van der Waals surface area (Å²) in [5, 5.41) is 2.91. The largest absolute Gasteiger partial charge is 0.0842 e. The fraction of sp³-hybridized carbons (Fsp3) is 0.309. The van der Waals surface area contributed by atoms with Crippen LogP contribution in [-0.4, -0.2) is 0 Å². The summed E-state index contributed by atoms with van der Waals surface area (Å²) >= 11 is 0. The maximum atomic E-state index is 2.66. The normalized spacial score (nSPS) is 28.5. The van der Waals surface area contributed by atoms with E-state index in [0.29, 0.717) is 23.7 Å². The molecule has 4 unspecified atom stereocenters. The first-order valence-corrected chi connectivity index (χ1v) is 21.4. The van der Waals surface area contributed by atoms with E-state index in [1.165, 1.54) is 58.4 Å². The first-order chi connectivity index (χ1) is 27.1. The number of benzene rings is 2. The molecule has 11 rings (SSSR count). The molecule has 2 aromatic carbocycles. The average Bonchev–Trinajstić information content (AvgIpc) is 3.47. The molecule has 0 saturated carbocycles. The summed E-state index contributed by atoms with van der Waals surface area (Å²) in [4.78, 5) is 0. The van der Waals surface area contributed by atoms with E-state index in [0.717, 1.165) is 38.5 Å². The third-order valence-corrected chi connectivity index (χ3v) is 14.5. The molecule has 0 heteroatoms. The van der Waals surface area contributed by atoms with Crippen LogP contribution < -0.4 is 10.4 Å². The van der Waals surface area contributed by atoms with Crippen LogP contribution in [0.2, 0.25) is 0 Å². The lowest BCUT2D eigenvalue weighted by atomic mass is 9.62. The zero-order valence-electron chi connectivity index (χ0n) is 32.6. The van der Waals surface area contributed by atoms with Gasteiger partial charge in [-0.3, -0.25) is 0 Å². The predicted molar refractivity (Wildman–Crippen MR) is 231 cm³/mol. The van der Waals surface area contributed by atoms with Crippen LogP contribution in [0.15, 0.2) is 184 Å². The third kappa shape index (κ3) is 5.16. The highest BCUT2D eigenvalue weighted by molar-refractivity contribution is 5.88. The van der Waals surface area contributed by atoms with E-state index >= 15 is 0 Å². The first kappa shape index (κ1) is 33.4. The quantitative estimate of drug-likeness (QED) is 0.296. The van der Waals surface area contributed by atoms with Gasteiger partial charge in [0.05, 0.1) is 0 Å². The van der Waals surface area contributed by atoms with Gasteiger partial charge in [0.15, 0.2) is 0 Å². The van der Waals surface area contributed by atoms with Crippen molar-refractivity contribution in [2.45, 2.75) is 83.5 Å². The van der Waals surface area contributed by atoms with E-state index in [9.17, 15) is 0 Å². The second-order valence-electron chi connectivity index (χ2n) is 17.7. The third-order valence-electron chi connectivity index (χ3n) is 14.5. The van der Waals surface area contributed by atoms with E-state index < -0.39 is 0 Å². The maximum absolute atomic E-state index is 2.66.